The van der Waals surface area contributed by atoms with Crippen molar-refractivity contribution < 1.29 is 0 Å². The van der Waals surface area contributed by atoms with Gasteiger partial charge in [0, 0.05) is 31.9 Å². The van der Waals surface area contributed by atoms with Crippen LogP contribution in [0.5, 0.6) is 0 Å². The van der Waals surface area contributed by atoms with E-state index in [1.54, 1.807) is 25.2 Å². The molecule has 2 rings (SSSR count). The lowest BCUT2D eigenvalue weighted by Crippen LogP contribution is -2.38. The Morgan fingerprint density at radius 1 is 1.20 bits per heavy atom. The molecular formula is C13H13Cl2N3O2. The predicted molar refractivity (Wildman–Crippen MR) is 80.7 cm³/mol. The number of halogens is 2. The van der Waals surface area contributed by atoms with Crippen LogP contribution in [-0.2, 0) is 20.6 Å². The molecule has 5 nitrogen and oxygen atoms in total. The van der Waals surface area contributed by atoms with E-state index in [9.17, 15) is 9.59 Å². The Morgan fingerprint density at radius 2 is 1.90 bits per heavy atom. The Balaban J connectivity index is 2.30. The van der Waals surface area contributed by atoms with Crippen molar-refractivity contribution in [1.29, 1.82) is 0 Å². The fourth-order valence-corrected chi connectivity index (χ4v) is 2.18. The number of aryl methyl sites for hydroxylation is 1. The summed E-state index contributed by atoms with van der Waals surface area (Å²) in [7, 11) is 3.04. The van der Waals surface area contributed by atoms with Crippen LogP contribution in [0.2, 0.25) is 10.0 Å². The van der Waals surface area contributed by atoms with Gasteiger partial charge in [0.1, 0.15) is 0 Å². The van der Waals surface area contributed by atoms with Crippen LogP contribution < -0.4 is 16.6 Å². The minimum absolute atomic E-state index is 0.251. The van der Waals surface area contributed by atoms with E-state index in [0.717, 1.165) is 4.57 Å². The highest BCUT2D eigenvalue weighted by molar-refractivity contribution is 6.35. The van der Waals surface area contributed by atoms with E-state index >= 15 is 0 Å². The van der Waals surface area contributed by atoms with Crippen molar-refractivity contribution in [2.75, 3.05) is 5.32 Å². The van der Waals surface area contributed by atoms with Crippen LogP contribution in [0, 0.1) is 0 Å². The average Bonchev–Trinajstić information content (AvgIpc) is 2.42. The zero-order valence-corrected chi connectivity index (χ0v) is 12.5. The lowest BCUT2D eigenvalue weighted by Gasteiger charge is -2.10. The van der Waals surface area contributed by atoms with Gasteiger partial charge in [-0.25, -0.2) is 4.79 Å². The Bertz CT molecular complexity index is 765. The summed E-state index contributed by atoms with van der Waals surface area (Å²) in [6.07, 6.45) is 1.51. The lowest BCUT2D eigenvalue weighted by atomic mass is 10.3. The molecule has 0 amide bonds. The summed E-state index contributed by atoms with van der Waals surface area (Å²) >= 11 is 11.9. The van der Waals surface area contributed by atoms with Crippen LogP contribution in [0.15, 0.2) is 34.0 Å². The van der Waals surface area contributed by atoms with Gasteiger partial charge in [0.05, 0.1) is 16.3 Å². The molecular weight excluding hydrogens is 301 g/mol. The number of hydrogen-bond acceptors (Lipinski definition) is 3. The van der Waals surface area contributed by atoms with Crippen molar-refractivity contribution in [3.8, 4) is 0 Å². The average molecular weight is 314 g/mol. The molecule has 1 heterocycles. The number of anilines is 1. The van der Waals surface area contributed by atoms with E-state index in [1.165, 1.54) is 17.8 Å². The Hall–Kier alpha value is -1.72. The number of benzene rings is 1. The van der Waals surface area contributed by atoms with Crippen molar-refractivity contribution in [2.45, 2.75) is 6.54 Å². The van der Waals surface area contributed by atoms with Gasteiger partial charge in [0.2, 0.25) is 0 Å². The first-order valence-electron chi connectivity index (χ1n) is 5.84. The first-order chi connectivity index (χ1) is 9.40. The minimum atomic E-state index is -0.362. The van der Waals surface area contributed by atoms with Crippen molar-refractivity contribution in [2.24, 2.45) is 14.1 Å². The molecule has 0 saturated carbocycles. The summed E-state index contributed by atoms with van der Waals surface area (Å²) in [5.74, 6) is 0. The third-order valence-corrected chi connectivity index (χ3v) is 3.48. The van der Waals surface area contributed by atoms with Gasteiger partial charge in [-0.1, -0.05) is 23.2 Å². The monoisotopic (exact) mass is 313 g/mol. The SMILES string of the molecule is Cn1cc(CNc2cc(Cl)ccc2Cl)c(=O)n(C)c1=O. The van der Waals surface area contributed by atoms with Crippen LogP contribution in [0.1, 0.15) is 5.56 Å². The maximum absolute atomic E-state index is 12.0. The van der Waals surface area contributed by atoms with Crippen LogP contribution in [0.4, 0.5) is 5.69 Å². The second-order valence-corrected chi connectivity index (χ2v) is 5.23. The molecule has 2 aromatic rings. The first kappa shape index (κ1) is 14.7. The molecule has 1 aromatic carbocycles. The molecule has 0 unspecified atom stereocenters. The highest BCUT2D eigenvalue weighted by Gasteiger charge is 2.08. The van der Waals surface area contributed by atoms with E-state index in [-0.39, 0.29) is 17.8 Å². The maximum Gasteiger partial charge on any atom is 0.330 e. The normalized spacial score (nSPS) is 10.6. The Morgan fingerprint density at radius 3 is 2.60 bits per heavy atom. The molecule has 0 aliphatic carbocycles. The van der Waals surface area contributed by atoms with Crippen LogP contribution >= 0.6 is 23.2 Å². The molecule has 0 radical (unpaired) electrons. The standard InChI is InChI=1S/C13H13Cl2N3O2/c1-17-7-8(12(19)18(2)13(17)20)6-16-11-5-9(14)3-4-10(11)15/h3-5,7,16H,6H2,1-2H3. The van der Waals surface area contributed by atoms with E-state index in [4.69, 9.17) is 23.2 Å². The smallest absolute Gasteiger partial charge is 0.330 e. The Labute approximate surface area is 125 Å². The summed E-state index contributed by atoms with van der Waals surface area (Å²) in [6, 6.07) is 5.03. The minimum Gasteiger partial charge on any atom is -0.379 e. The van der Waals surface area contributed by atoms with Gasteiger partial charge in [-0.3, -0.25) is 9.36 Å². The summed E-state index contributed by atoms with van der Waals surface area (Å²) < 4.78 is 2.43. The zero-order valence-electron chi connectivity index (χ0n) is 11.0. The summed E-state index contributed by atoms with van der Waals surface area (Å²) in [4.78, 5) is 23.5. The van der Waals surface area contributed by atoms with Crippen molar-refractivity contribution in [3.63, 3.8) is 0 Å². The molecule has 106 valence electrons. The second-order valence-electron chi connectivity index (χ2n) is 4.39. The molecule has 1 aromatic heterocycles. The molecule has 0 bridgehead atoms. The zero-order chi connectivity index (χ0) is 14.9. The molecule has 0 aliphatic rings. The summed E-state index contributed by atoms with van der Waals surface area (Å²) in [5.41, 5.74) is 0.402. The molecule has 20 heavy (non-hydrogen) atoms. The van der Waals surface area contributed by atoms with Crippen LogP contribution in [0.3, 0.4) is 0 Å². The van der Waals surface area contributed by atoms with Crippen LogP contribution in [0.25, 0.3) is 0 Å². The summed E-state index contributed by atoms with van der Waals surface area (Å²) in [5, 5.41) is 4.10. The van der Waals surface area contributed by atoms with E-state index in [0.29, 0.717) is 21.3 Å². The van der Waals surface area contributed by atoms with Gasteiger partial charge in [0.25, 0.3) is 5.56 Å². The van der Waals surface area contributed by atoms with Gasteiger partial charge < -0.3 is 9.88 Å². The third-order valence-electron chi connectivity index (χ3n) is 2.92. The van der Waals surface area contributed by atoms with Crippen molar-refractivity contribution in [3.05, 3.63) is 60.8 Å². The highest BCUT2D eigenvalue weighted by atomic mass is 35.5. The number of rotatable bonds is 3. The van der Waals surface area contributed by atoms with E-state index in [1.807, 2.05) is 0 Å². The first-order valence-corrected chi connectivity index (χ1v) is 6.60. The molecule has 7 heteroatoms. The number of aromatic nitrogens is 2. The second kappa shape index (κ2) is 5.73. The summed E-state index contributed by atoms with van der Waals surface area (Å²) in [6.45, 7) is 0.251. The fraction of sp³-hybridized carbons (Fsp3) is 0.231. The van der Waals surface area contributed by atoms with Gasteiger partial charge in [-0.05, 0) is 18.2 Å². The molecule has 1 N–H and O–H groups in total. The number of hydrogen-bond donors (Lipinski definition) is 1. The molecule has 0 aliphatic heterocycles. The molecule has 0 fully saturated rings. The van der Waals surface area contributed by atoms with Crippen molar-refractivity contribution in [1.82, 2.24) is 9.13 Å². The third kappa shape index (κ3) is 2.89. The van der Waals surface area contributed by atoms with Gasteiger partial charge >= 0.3 is 5.69 Å². The Kier molecular flexibility index (Phi) is 4.20. The molecule has 0 atom stereocenters. The maximum atomic E-state index is 12.0. The quantitative estimate of drug-likeness (QED) is 0.943. The molecule has 0 spiro atoms. The fourth-order valence-electron chi connectivity index (χ4n) is 1.83. The van der Waals surface area contributed by atoms with E-state index in [2.05, 4.69) is 5.32 Å². The van der Waals surface area contributed by atoms with Crippen molar-refractivity contribution >= 4 is 28.9 Å². The molecule has 0 saturated heterocycles. The van der Waals surface area contributed by atoms with E-state index < -0.39 is 0 Å². The number of nitrogens with one attached hydrogen (secondary N) is 1. The predicted octanol–water partition coefficient (Wildman–Crippen LogP) is 2.00. The lowest BCUT2D eigenvalue weighted by molar-refractivity contribution is 0.671. The number of nitrogens with zero attached hydrogens (tertiary/aromatic N) is 2. The highest BCUT2D eigenvalue weighted by Crippen LogP contribution is 2.25. The van der Waals surface area contributed by atoms with Gasteiger partial charge in [-0.2, -0.15) is 0 Å². The largest absolute Gasteiger partial charge is 0.379 e. The van der Waals surface area contributed by atoms with Crippen LogP contribution in [-0.4, -0.2) is 9.13 Å². The topological polar surface area (TPSA) is 56.0 Å². The van der Waals surface area contributed by atoms with Gasteiger partial charge in [0.15, 0.2) is 0 Å². The van der Waals surface area contributed by atoms with Gasteiger partial charge in [-0.15, -0.1) is 0 Å².